The number of nitrogens with zero attached hydrogens (tertiary/aromatic N) is 3. The van der Waals surface area contributed by atoms with Crippen LogP contribution in [-0.2, 0) is 0 Å². The second-order valence-corrected chi connectivity index (χ2v) is 11.9. The third-order valence-electron chi connectivity index (χ3n) is 8.60. The molecule has 0 saturated heterocycles. The molecule has 1 heterocycles. The fourth-order valence-electron chi connectivity index (χ4n) is 6.04. The molecule has 48 heavy (non-hydrogen) atoms. The van der Waals surface area contributed by atoms with Gasteiger partial charge in [-0.05, 0) is 82.6 Å². The average molecular weight is 643 g/mol. The fourth-order valence-corrected chi connectivity index (χ4v) is 6.04. The number of azo groups is 1. The molecule has 0 aliphatic carbocycles. The maximum atomic E-state index is 13.0. The van der Waals surface area contributed by atoms with Crippen molar-refractivity contribution in [3.8, 4) is 11.5 Å². The van der Waals surface area contributed by atoms with E-state index >= 15 is 0 Å². The van der Waals surface area contributed by atoms with E-state index in [2.05, 4.69) is 107 Å². The van der Waals surface area contributed by atoms with Crippen LogP contribution >= 0.6 is 0 Å². The second-order valence-electron chi connectivity index (χ2n) is 11.9. The van der Waals surface area contributed by atoms with Crippen LogP contribution in [0.2, 0.25) is 0 Å². The van der Waals surface area contributed by atoms with E-state index in [1.165, 1.54) is 11.3 Å². The predicted molar refractivity (Wildman–Crippen MR) is 197 cm³/mol. The highest BCUT2D eigenvalue weighted by Crippen LogP contribution is 2.48. The van der Waals surface area contributed by atoms with Gasteiger partial charge in [-0.3, -0.25) is 4.79 Å². The smallest absolute Gasteiger partial charge is 0.251 e. The number of aryl methyl sites for hydroxylation is 1. The summed E-state index contributed by atoms with van der Waals surface area (Å²) in [6, 6.07) is 29.9. The lowest BCUT2D eigenvalue weighted by atomic mass is 10.0. The third-order valence-corrected chi connectivity index (χ3v) is 8.60. The Labute approximate surface area is 282 Å². The van der Waals surface area contributed by atoms with E-state index in [1.54, 1.807) is 12.1 Å². The molecule has 1 amide bonds. The van der Waals surface area contributed by atoms with Gasteiger partial charge in [0.1, 0.15) is 5.69 Å². The number of hydrogen-bond acceptors (Lipinski definition) is 7. The first kappa shape index (κ1) is 32.5. The van der Waals surface area contributed by atoms with Crippen LogP contribution in [0.15, 0.2) is 101 Å². The van der Waals surface area contributed by atoms with Crippen LogP contribution in [-0.4, -0.2) is 38.6 Å². The summed E-state index contributed by atoms with van der Waals surface area (Å²) in [5, 5.41) is 23.4. The van der Waals surface area contributed by atoms with Crippen LogP contribution in [0, 0.1) is 6.92 Å². The summed E-state index contributed by atoms with van der Waals surface area (Å²) in [4.78, 5) is 15.2. The van der Waals surface area contributed by atoms with Crippen molar-refractivity contribution in [2.75, 3.05) is 48.3 Å². The number of carbonyl (C=O) groups excluding carboxylic acids is 1. The van der Waals surface area contributed by atoms with Crippen LogP contribution in [0.3, 0.4) is 0 Å². The summed E-state index contributed by atoms with van der Waals surface area (Å²) in [5.74, 6) is 1.48. The van der Waals surface area contributed by atoms with Crippen molar-refractivity contribution in [1.82, 2.24) is 5.32 Å². The van der Waals surface area contributed by atoms with Crippen molar-refractivity contribution in [2.24, 2.45) is 10.2 Å². The highest BCUT2D eigenvalue weighted by atomic mass is 16.5. The van der Waals surface area contributed by atoms with Gasteiger partial charge in [-0.25, -0.2) is 0 Å². The van der Waals surface area contributed by atoms with Gasteiger partial charge in [0, 0.05) is 71.6 Å². The Hall–Kier alpha value is -5.41. The second kappa shape index (κ2) is 15.0. The molecule has 9 heteroatoms. The average Bonchev–Trinajstić information content (AvgIpc) is 3.11. The van der Waals surface area contributed by atoms with Crippen LogP contribution in [0.4, 0.5) is 39.8 Å². The Morgan fingerprint density at radius 3 is 2.38 bits per heavy atom. The first-order valence-corrected chi connectivity index (χ1v) is 16.8. The fraction of sp³-hybridized carbons (Fsp3) is 0.256. The van der Waals surface area contributed by atoms with E-state index in [1.807, 2.05) is 36.4 Å². The molecule has 1 aliphatic rings. The Balaban J connectivity index is 1.05. The van der Waals surface area contributed by atoms with Crippen molar-refractivity contribution in [3.63, 3.8) is 0 Å². The zero-order valence-corrected chi connectivity index (χ0v) is 28.1. The number of ether oxygens (including phenoxy) is 1. The first-order chi connectivity index (χ1) is 23.5. The minimum atomic E-state index is -0.136. The number of quaternary nitrogens is 1. The predicted octanol–water partition coefficient (Wildman–Crippen LogP) is 8.71. The van der Waals surface area contributed by atoms with Crippen molar-refractivity contribution in [2.45, 2.75) is 34.1 Å². The lowest BCUT2D eigenvalue weighted by molar-refractivity contribution is -0.568. The van der Waals surface area contributed by atoms with E-state index in [0.29, 0.717) is 24.3 Å². The zero-order chi connectivity index (χ0) is 33.5. The normalized spacial score (nSPS) is 11.8. The zero-order valence-electron chi connectivity index (χ0n) is 28.1. The Bertz CT molecular complexity index is 1930. The summed E-state index contributed by atoms with van der Waals surface area (Å²) in [5.41, 5.74) is 8.46. The molecule has 0 radical (unpaired) electrons. The van der Waals surface area contributed by atoms with Crippen LogP contribution in [0.25, 0.3) is 10.8 Å². The molecular formula is C39H44N7O2+. The highest BCUT2D eigenvalue weighted by Gasteiger charge is 2.23. The molecule has 0 spiro atoms. The Morgan fingerprint density at radius 1 is 0.833 bits per heavy atom. The molecule has 5 aromatic rings. The van der Waals surface area contributed by atoms with Gasteiger partial charge in [-0.1, -0.05) is 30.3 Å². The van der Waals surface area contributed by atoms with E-state index < -0.39 is 0 Å². The molecule has 0 unspecified atom stereocenters. The van der Waals surface area contributed by atoms with Gasteiger partial charge in [0.05, 0.1) is 29.3 Å². The third kappa shape index (κ3) is 7.26. The molecule has 5 N–H and O–H groups in total. The molecule has 0 aromatic heterocycles. The van der Waals surface area contributed by atoms with Crippen molar-refractivity contribution >= 4 is 56.5 Å². The van der Waals surface area contributed by atoms with Crippen molar-refractivity contribution in [1.29, 1.82) is 0 Å². The summed E-state index contributed by atoms with van der Waals surface area (Å²) in [7, 11) is 0. The number of benzene rings is 5. The molecular weight excluding hydrogens is 598 g/mol. The number of nitrogens with two attached hydrogens (primary N) is 1. The molecule has 0 atom stereocenters. The topological polar surface area (TPSA) is 107 Å². The maximum Gasteiger partial charge on any atom is 0.251 e. The largest absolute Gasteiger partial charge is 0.453 e. The Morgan fingerprint density at radius 2 is 1.60 bits per heavy atom. The molecule has 246 valence electrons. The van der Waals surface area contributed by atoms with E-state index in [0.717, 1.165) is 76.8 Å². The highest BCUT2D eigenvalue weighted by molar-refractivity contribution is 6.06. The number of rotatable bonds is 13. The molecule has 0 saturated carbocycles. The first-order valence-electron chi connectivity index (χ1n) is 16.8. The quantitative estimate of drug-likeness (QED) is 0.0573. The number of hydrogen-bond donors (Lipinski definition) is 4. The molecule has 0 fully saturated rings. The number of amides is 1. The van der Waals surface area contributed by atoms with Crippen LogP contribution in [0.1, 0.15) is 43.1 Å². The van der Waals surface area contributed by atoms with Gasteiger partial charge >= 0.3 is 0 Å². The molecule has 5 aromatic carbocycles. The number of anilines is 4. The van der Waals surface area contributed by atoms with Gasteiger partial charge in [-0.15, -0.1) is 0 Å². The Kier molecular flexibility index (Phi) is 10.2. The summed E-state index contributed by atoms with van der Waals surface area (Å²) in [6.45, 7) is 12.6. The molecule has 1 aliphatic heterocycles. The number of nitrogens with one attached hydrogen (secondary N) is 3. The summed E-state index contributed by atoms with van der Waals surface area (Å²) < 4.78 is 6.45. The van der Waals surface area contributed by atoms with Gasteiger partial charge in [0.25, 0.3) is 5.91 Å². The van der Waals surface area contributed by atoms with Crippen LogP contribution in [0.5, 0.6) is 11.5 Å². The number of fused-ring (bicyclic) bond motifs is 4. The van der Waals surface area contributed by atoms with Gasteiger partial charge < -0.3 is 30.9 Å². The molecule has 9 nitrogen and oxygen atoms in total. The SMILES string of the molecule is CC[NH2+]c1cc2c(cc1C)Nc1c(cc(NCCCNC(=O)c3cccc(N=Nc4ccc(N(CC)CC)cc4)c3)c3ccccc13)O2. The summed E-state index contributed by atoms with van der Waals surface area (Å²) in [6.07, 6.45) is 0.747. The van der Waals surface area contributed by atoms with Gasteiger partial charge in [0.15, 0.2) is 11.5 Å². The molecule has 0 bridgehead atoms. The van der Waals surface area contributed by atoms with Crippen molar-refractivity contribution in [3.05, 3.63) is 102 Å². The monoisotopic (exact) mass is 642 g/mol. The minimum Gasteiger partial charge on any atom is -0.453 e. The minimum absolute atomic E-state index is 0.136. The molecule has 6 rings (SSSR count). The standard InChI is InChI=1S/C39H43N7O2/c1-5-40-33-24-36-35(22-26(33)4)43-38-32-15-9-8-14-31(32)34(25-37(38)48-36)41-20-11-21-42-39(47)27-12-10-13-29(23-27)45-44-28-16-18-30(19-17-28)46(6-2)7-3/h8-10,12-19,22-25,40-41,43H,5-7,11,20-21H2,1-4H3,(H,42,47)/p+1. The number of carbonyl (C=O) groups is 1. The van der Waals surface area contributed by atoms with Crippen molar-refractivity contribution < 1.29 is 14.8 Å². The lowest BCUT2D eigenvalue weighted by Crippen LogP contribution is -2.77. The van der Waals surface area contributed by atoms with Crippen LogP contribution < -0.4 is 30.9 Å². The van der Waals surface area contributed by atoms with E-state index in [9.17, 15) is 4.79 Å². The lowest BCUT2D eigenvalue weighted by Gasteiger charge is -2.25. The van der Waals surface area contributed by atoms with Gasteiger partial charge in [0.2, 0.25) is 0 Å². The van der Waals surface area contributed by atoms with E-state index in [4.69, 9.17) is 4.74 Å². The maximum absolute atomic E-state index is 13.0. The summed E-state index contributed by atoms with van der Waals surface area (Å²) >= 11 is 0. The van der Waals surface area contributed by atoms with Gasteiger partial charge in [-0.2, -0.15) is 10.2 Å². The van der Waals surface area contributed by atoms with E-state index in [-0.39, 0.29) is 5.91 Å².